The lowest BCUT2D eigenvalue weighted by Gasteiger charge is -2.14. The van der Waals surface area contributed by atoms with Crippen LogP contribution in [-0.4, -0.2) is 4.98 Å². The summed E-state index contributed by atoms with van der Waals surface area (Å²) in [6, 6.07) is 1.99. The molecule has 0 aliphatic heterocycles. The molecule has 2 N–H and O–H groups in total. The van der Waals surface area contributed by atoms with Gasteiger partial charge >= 0.3 is 0 Å². The first kappa shape index (κ1) is 14.2. The minimum atomic E-state index is -0.110. The lowest BCUT2D eigenvalue weighted by molar-refractivity contribution is 0.569. The fourth-order valence-electron chi connectivity index (χ4n) is 1.53. The smallest absolute Gasteiger partial charge is 0.115 e. The van der Waals surface area contributed by atoms with Gasteiger partial charge < -0.3 is 5.73 Å². The quantitative estimate of drug-likeness (QED) is 0.862. The molecule has 0 fully saturated rings. The first-order chi connectivity index (χ1) is 8.29. The molecule has 0 saturated carbocycles. The van der Waals surface area contributed by atoms with Crippen molar-refractivity contribution in [2.24, 2.45) is 5.73 Å². The first-order valence-corrected chi connectivity index (χ1v) is 8.25. The van der Waals surface area contributed by atoms with E-state index in [1.807, 2.05) is 0 Å². The number of aryl methyl sites for hydroxylation is 1. The molecule has 0 spiro atoms. The second-order valence-corrected chi connectivity index (χ2v) is 8.38. The average Bonchev–Trinajstić information content (AvgIpc) is 2.85. The van der Waals surface area contributed by atoms with Crippen LogP contribution in [0.5, 0.6) is 0 Å². The predicted octanol–water partition coefficient (Wildman–Crippen LogP) is 4.62. The van der Waals surface area contributed by atoms with Gasteiger partial charge in [-0.05, 0) is 28.9 Å². The fraction of sp³-hybridized carbons (Fsp3) is 0.462. The summed E-state index contributed by atoms with van der Waals surface area (Å²) in [5, 5.41) is 3.11. The molecule has 0 aliphatic rings. The summed E-state index contributed by atoms with van der Waals surface area (Å²) in [4.78, 5) is 7.10. The molecule has 0 bridgehead atoms. The van der Waals surface area contributed by atoms with Crippen LogP contribution in [-0.2, 0) is 5.41 Å². The number of hydrogen-bond acceptors (Lipinski definition) is 4. The van der Waals surface area contributed by atoms with Crippen LogP contribution in [0.15, 0.2) is 15.9 Å². The van der Waals surface area contributed by atoms with E-state index in [0.29, 0.717) is 0 Å². The van der Waals surface area contributed by atoms with E-state index in [1.54, 1.807) is 22.7 Å². The number of halogens is 1. The van der Waals surface area contributed by atoms with E-state index < -0.39 is 0 Å². The molecule has 5 heteroatoms. The molecule has 2 nitrogen and oxygen atoms in total. The third-order valence-electron chi connectivity index (χ3n) is 2.74. The minimum Gasteiger partial charge on any atom is -0.318 e. The fourth-order valence-corrected chi connectivity index (χ4v) is 4.24. The van der Waals surface area contributed by atoms with Gasteiger partial charge in [0.1, 0.15) is 5.01 Å². The monoisotopic (exact) mass is 344 g/mol. The van der Waals surface area contributed by atoms with Crippen molar-refractivity contribution in [1.29, 1.82) is 0 Å². The van der Waals surface area contributed by atoms with E-state index in [-0.39, 0.29) is 11.5 Å². The van der Waals surface area contributed by atoms with Crippen molar-refractivity contribution in [3.05, 3.63) is 36.4 Å². The van der Waals surface area contributed by atoms with Gasteiger partial charge in [-0.15, -0.1) is 22.7 Å². The van der Waals surface area contributed by atoms with Crippen LogP contribution in [0.2, 0.25) is 0 Å². The maximum atomic E-state index is 6.29. The van der Waals surface area contributed by atoms with Crippen LogP contribution in [0.4, 0.5) is 0 Å². The first-order valence-electron chi connectivity index (χ1n) is 5.76. The van der Waals surface area contributed by atoms with Crippen molar-refractivity contribution in [1.82, 2.24) is 4.98 Å². The Labute approximate surface area is 124 Å². The summed E-state index contributed by atoms with van der Waals surface area (Å²) < 4.78 is 1.13. The van der Waals surface area contributed by atoms with E-state index in [2.05, 4.69) is 60.1 Å². The number of thiazole rings is 1. The molecule has 2 heterocycles. The molecule has 2 rings (SSSR count). The molecule has 0 aromatic carbocycles. The molecule has 0 amide bonds. The maximum Gasteiger partial charge on any atom is 0.115 e. The van der Waals surface area contributed by atoms with E-state index in [9.17, 15) is 0 Å². The summed E-state index contributed by atoms with van der Waals surface area (Å²) in [6.07, 6.45) is 0. The van der Waals surface area contributed by atoms with Crippen LogP contribution in [0.1, 0.15) is 47.3 Å². The van der Waals surface area contributed by atoms with E-state index >= 15 is 0 Å². The molecule has 98 valence electrons. The van der Waals surface area contributed by atoms with Crippen LogP contribution in [0.3, 0.4) is 0 Å². The zero-order valence-corrected chi connectivity index (χ0v) is 14.2. The Hall–Kier alpha value is -0.230. The van der Waals surface area contributed by atoms with Gasteiger partial charge in [-0.3, -0.25) is 0 Å². The summed E-state index contributed by atoms with van der Waals surface area (Å²) in [6.45, 7) is 8.60. The van der Waals surface area contributed by atoms with Gasteiger partial charge in [-0.25, -0.2) is 4.98 Å². The van der Waals surface area contributed by atoms with Crippen molar-refractivity contribution in [2.75, 3.05) is 0 Å². The van der Waals surface area contributed by atoms with Crippen molar-refractivity contribution < 1.29 is 0 Å². The van der Waals surface area contributed by atoms with Gasteiger partial charge in [0.05, 0.1) is 11.7 Å². The summed E-state index contributed by atoms with van der Waals surface area (Å²) in [5.41, 5.74) is 7.49. The van der Waals surface area contributed by atoms with Crippen LogP contribution in [0, 0.1) is 6.92 Å². The van der Waals surface area contributed by atoms with E-state index in [1.165, 1.54) is 4.88 Å². The number of hydrogen-bond donors (Lipinski definition) is 1. The molecule has 1 unspecified atom stereocenters. The molecule has 0 radical (unpaired) electrons. The molecule has 2 aromatic heterocycles. The van der Waals surface area contributed by atoms with E-state index in [4.69, 9.17) is 5.73 Å². The SMILES string of the molecule is Cc1sc(C(N)c2nc(C(C)(C)C)cs2)cc1Br. The molecular formula is C13H17BrN2S2. The Bertz CT molecular complexity index is 532. The van der Waals surface area contributed by atoms with Crippen molar-refractivity contribution >= 4 is 38.6 Å². The second-order valence-electron chi connectivity index (χ2n) is 5.35. The standard InChI is InChI=1S/C13H17BrN2S2/c1-7-8(14)5-9(18-7)11(15)12-16-10(6-17-12)13(2,3)4/h5-6,11H,15H2,1-4H3. The zero-order chi connectivity index (χ0) is 13.5. The van der Waals surface area contributed by atoms with Gasteiger partial charge in [0.15, 0.2) is 0 Å². The Balaban J connectivity index is 2.29. The molecular weight excluding hydrogens is 328 g/mol. The highest BCUT2D eigenvalue weighted by Crippen LogP contribution is 2.34. The highest BCUT2D eigenvalue weighted by Gasteiger charge is 2.21. The average molecular weight is 345 g/mol. The number of nitrogens with two attached hydrogens (primary N) is 1. The third kappa shape index (κ3) is 2.85. The highest BCUT2D eigenvalue weighted by molar-refractivity contribution is 9.10. The third-order valence-corrected chi connectivity index (χ3v) is 5.89. The van der Waals surface area contributed by atoms with Gasteiger partial charge in [-0.1, -0.05) is 20.8 Å². The second kappa shape index (κ2) is 5.04. The molecule has 1 atom stereocenters. The molecule has 0 aliphatic carbocycles. The molecule has 2 aromatic rings. The normalized spacial score (nSPS) is 13.9. The van der Waals surface area contributed by atoms with Crippen LogP contribution in [0.25, 0.3) is 0 Å². The lowest BCUT2D eigenvalue weighted by atomic mass is 9.93. The van der Waals surface area contributed by atoms with Gasteiger partial charge in [0, 0.05) is 25.0 Å². The topological polar surface area (TPSA) is 38.9 Å². The molecule has 0 saturated heterocycles. The summed E-state index contributed by atoms with van der Waals surface area (Å²) >= 11 is 6.91. The van der Waals surface area contributed by atoms with Crippen LogP contribution < -0.4 is 5.73 Å². The largest absolute Gasteiger partial charge is 0.318 e. The maximum absolute atomic E-state index is 6.29. The van der Waals surface area contributed by atoms with Gasteiger partial charge in [0.2, 0.25) is 0 Å². The van der Waals surface area contributed by atoms with Crippen LogP contribution >= 0.6 is 38.6 Å². The Kier molecular flexibility index (Phi) is 3.97. The van der Waals surface area contributed by atoms with Crippen molar-refractivity contribution in [3.63, 3.8) is 0 Å². The molecule has 18 heavy (non-hydrogen) atoms. The Morgan fingerprint density at radius 2 is 2.06 bits per heavy atom. The van der Waals surface area contributed by atoms with Gasteiger partial charge in [-0.2, -0.15) is 0 Å². The summed E-state index contributed by atoms with van der Waals surface area (Å²) in [5.74, 6) is 0. The predicted molar refractivity (Wildman–Crippen MR) is 83.6 cm³/mol. The zero-order valence-electron chi connectivity index (χ0n) is 11.0. The Morgan fingerprint density at radius 3 is 2.50 bits per heavy atom. The van der Waals surface area contributed by atoms with E-state index in [0.717, 1.165) is 20.1 Å². The Morgan fingerprint density at radius 1 is 1.39 bits per heavy atom. The number of aromatic nitrogens is 1. The van der Waals surface area contributed by atoms with Crippen molar-refractivity contribution in [2.45, 2.75) is 39.2 Å². The highest BCUT2D eigenvalue weighted by atomic mass is 79.9. The number of thiophene rings is 1. The number of rotatable bonds is 2. The summed E-state index contributed by atoms with van der Waals surface area (Å²) in [7, 11) is 0. The number of nitrogens with zero attached hydrogens (tertiary/aromatic N) is 1. The van der Waals surface area contributed by atoms with Crippen molar-refractivity contribution in [3.8, 4) is 0 Å². The lowest BCUT2D eigenvalue weighted by Crippen LogP contribution is -2.14. The van der Waals surface area contributed by atoms with Gasteiger partial charge in [0.25, 0.3) is 0 Å². The minimum absolute atomic E-state index is 0.0837.